The number of rotatable bonds is 3. The van der Waals surface area contributed by atoms with Gasteiger partial charge in [0.1, 0.15) is 5.52 Å². The van der Waals surface area contributed by atoms with Crippen LogP contribution in [0.1, 0.15) is 12.8 Å². The number of hydrogen-bond donors (Lipinski definition) is 2. The highest BCUT2D eigenvalue weighted by atomic mass is 35.5. The standard InChI is InChI=1S/C13H16ClN3S/c14-10-1-2-11-13(17-8-18-11)12(10)16-7-9-3-5-15-6-4-9/h1-2,8-9,15-16H,3-7H2. The predicted molar refractivity (Wildman–Crippen MR) is 78.7 cm³/mol. The molecule has 0 amide bonds. The molecule has 0 unspecified atom stereocenters. The van der Waals surface area contributed by atoms with Gasteiger partial charge in [0.05, 0.1) is 20.9 Å². The van der Waals surface area contributed by atoms with Crippen molar-refractivity contribution < 1.29 is 0 Å². The van der Waals surface area contributed by atoms with Gasteiger partial charge >= 0.3 is 0 Å². The Morgan fingerprint density at radius 1 is 1.39 bits per heavy atom. The minimum Gasteiger partial charge on any atom is -0.382 e. The van der Waals surface area contributed by atoms with E-state index in [2.05, 4.69) is 15.6 Å². The van der Waals surface area contributed by atoms with Gasteiger partial charge in [-0.2, -0.15) is 0 Å². The minimum absolute atomic E-state index is 0.733. The summed E-state index contributed by atoms with van der Waals surface area (Å²) in [5, 5.41) is 7.65. The summed E-state index contributed by atoms with van der Waals surface area (Å²) in [5.41, 5.74) is 3.87. The summed E-state index contributed by atoms with van der Waals surface area (Å²) in [6.07, 6.45) is 2.47. The molecule has 1 aliphatic rings. The first kappa shape index (κ1) is 12.2. The second-order valence-corrected chi connectivity index (χ2v) is 5.99. The van der Waals surface area contributed by atoms with E-state index < -0.39 is 0 Å². The normalized spacial score (nSPS) is 17.2. The monoisotopic (exact) mass is 281 g/mol. The predicted octanol–water partition coefficient (Wildman–Crippen LogP) is 3.36. The Balaban J connectivity index is 1.76. The molecule has 2 heterocycles. The number of piperidine rings is 1. The van der Waals surface area contributed by atoms with Gasteiger partial charge in [-0.3, -0.25) is 0 Å². The van der Waals surface area contributed by atoms with E-state index in [4.69, 9.17) is 11.6 Å². The Morgan fingerprint density at radius 2 is 2.22 bits per heavy atom. The van der Waals surface area contributed by atoms with Gasteiger partial charge in [0, 0.05) is 6.54 Å². The fourth-order valence-electron chi connectivity index (χ4n) is 2.41. The van der Waals surface area contributed by atoms with Gasteiger partial charge < -0.3 is 10.6 Å². The summed E-state index contributed by atoms with van der Waals surface area (Å²) in [6.45, 7) is 3.24. The Kier molecular flexibility index (Phi) is 3.68. The van der Waals surface area contributed by atoms with Crippen LogP contribution in [-0.2, 0) is 0 Å². The van der Waals surface area contributed by atoms with Gasteiger partial charge in [0.15, 0.2) is 0 Å². The molecule has 1 aromatic carbocycles. The quantitative estimate of drug-likeness (QED) is 0.906. The first-order valence-corrected chi connectivity index (χ1v) is 7.56. The molecule has 0 atom stereocenters. The molecule has 1 aromatic heterocycles. The van der Waals surface area contributed by atoms with Crippen LogP contribution in [0.2, 0.25) is 5.02 Å². The zero-order valence-electron chi connectivity index (χ0n) is 10.1. The SMILES string of the molecule is Clc1ccc2scnc2c1NCC1CCNCC1. The number of nitrogens with zero attached hydrogens (tertiary/aromatic N) is 1. The van der Waals surface area contributed by atoms with Crippen LogP contribution in [0.5, 0.6) is 0 Å². The highest BCUT2D eigenvalue weighted by Gasteiger charge is 2.14. The Bertz CT molecular complexity index is 534. The third-order valence-electron chi connectivity index (χ3n) is 3.48. The highest BCUT2D eigenvalue weighted by molar-refractivity contribution is 7.16. The van der Waals surface area contributed by atoms with E-state index in [1.54, 1.807) is 11.3 Å². The molecule has 0 saturated carbocycles. The molecule has 1 saturated heterocycles. The molecule has 2 aromatic rings. The number of aromatic nitrogens is 1. The van der Waals surface area contributed by atoms with Gasteiger partial charge in [-0.05, 0) is 44.0 Å². The van der Waals surface area contributed by atoms with E-state index in [9.17, 15) is 0 Å². The van der Waals surface area contributed by atoms with Crippen molar-refractivity contribution in [3.63, 3.8) is 0 Å². The van der Waals surface area contributed by atoms with Crippen LogP contribution >= 0.6 is 22.9 Å². The summed E-state index contributed by atoms with van der Waals surface area (Å²) in [4.78, 5) is 4.40. The van der Waals surface area contributed by atoms with Crippen LogP contribution in [0, 0.1) is 5.92 Å². The fraction of sp³-hybridized carbons (Fsp3) is 0.462. The molecule has 0 aliphatic carbocycles. The van der Waals surface area contributed by atoms with Crippen molar-refractivity contribution in [2.75, 3.05) is 25.0 Å². The summed E-state index contributed by atoms with van der Waals surface area (Å²) >= 11 is 7.92. The first-order chi connectivity index (χ1) is 8.84. The van der Waals surface area contributed by atoms with Gasteiger partial charge in [-0.1, -0.05) is 11.6 Å². The van der Waals surface area contributed by atoms with Gasteiger partial charge in [0.2, 0.25) is 0 Å². The second kappa shape index (κ2) is 5.43. The molecule has 3 nitrogen and oxygen atoms in total. The maximum atomic E-state index is 6.27. The van der Waals surface area contributed by atoms with Crippen LogP contribution in [0.3, 0.4) is 0 Å². The lowest BCUT2D eigenvalue weighted by Crippen LogP contribution is -2.31. The Morgan fingerprint density at radius 3 is 3.06 bits per heavy atom. The average molecular weight is 282 g/mol. The van der Waals surface area contributed by atoms with Crippen LogP contribution in [0.15, 0.2) is 17.6 Å². The lowest BCUT2D eigenvalue weighted by atomic mass is 9.98. The summed E-state index contributed by atoms with van der Waals surface area (Å²) in [7, 11) is 0. The molecule has 3 rings (SSSR count). The number of hydrogen-bond acceptors (Lipinski definition) is 4. The summed E-state index contributed by atoms with van der Waals surface area (Å²) in [5.74, 6) is 0.733. The first-order valence-electron chi connectivity index (χ1n) is 6.31. The molecule has 5 heteroatoms. The largest absolute Gasteiger partial charge is 0.382 e. The molecule has 1 fully saturated rings. The zero-order chi connectivity index (χ0) is 12.4. The van der Waals surface area contributed by atoms with Crippen LogP contribution in [-0.4, -0.2) is 24.6 Å². The lowest BCUT2D eigenvalue weighted by molar-refractivity contribution is 0.390. The molecule has 96 valence electrons. The van der Waals surface area contributed by atoms with Crippen molar-refractivity contribution in [1.82, 2.24) is 10.3 Å². The number of thiazole rings is 1. The van der Waals surface area contributed by atoms with E-state index in [-0.39, 0.29) is 0 Å². The molecule has 0 radical (unpaired) electrons. The number of nitrogens with one attached hydrogen (secondary N) is 2. The van der Waals surface area contributed by atoms with Crippen LogP contribution in [0.4, 0.5) is 5.69 Å². The molecule has 18 heavy (non-hydrogen) atoms. The molecule has 0 spiro atoms. The Labute approximate surface area is 116 Å². The third-order valence-corrected chi connectivity index (χ3v) is 4.59. The van der Waals surface area contributed by atoms with Crippen molar-refractivity contribution in [2.24, 2.45) is 5.92 Å². The lowest BCUT2D eigenvalue weighted by Gasteiger charge is -2.23. The fourth-order valence-corrected chi connectivity index (χ4v) is 3.31. The maximum absolute atomic E-state index is 6.27. The molecule has 2 N–H and O–H groups in total. The third kappa shape index (κ3) is 2.46. The molecule has 1 aliphatic heterocycles. The van der Waals surface area contributed by atoms with E-state index in [0.717, 1.165) is 41.8 Å². The molecule has 0 bridgehead atoms. The van der Waals surface area contributed by atoms with Gasteiger partial charge in [0.25, 0.3) is 0 Å². The number of benzene rings is 1. The number of anilines is 1. The molecular weight excluding hydrogens is 266 g/mol. The summed E-state index contributed by atoms with van der Waals surface area (Å²) < 4.78 is 1.19. The molecular formula is C13H16ClN3S. The second-order valence-electron chi connectivity index (χ2n) is 4.70. The van der Waals surface area contributed by atoms with E-state index in [1.165, 1.54) is 17.5 Å². The van der Waals surface area contributed by atoms with E-state index in [1.807, 2.05) is 17.6 Å². The van der Waals surface area contributed by atoms with Crippen LogP contribution in [0.25, 0.3) is 10.2 Å². The number of halogens is 1. The minimum atomic E-state index is 0.733. The number of fused-ring (bicyclic) bond motifs is 1. The van der Waals surface area contributed by atoms with Gasteiger partial charge in [-0.25, -0.2) is 4.98 Å². The Hall–Kier alpha value is -0.840. The average Bonchev–Trinajstić information content (AvgIpc) is 2.87. The van der Waals surface area contributed by atoms with Crippen molar-refractivity contribution in [1.29, 1.82) is 0 Å². The topological polar surface area (TPSA) is 37.0 Å². The van der Waals surface area contributed by atoms with Crippen molar-refractivity contribution in [3.8, 4) is 0 Å². The maximum Gasteiger partial charge on any atom is 0.106 e. The van der Waals surface area contributed by atoms with E-state index >= 15 is 0 Å². The smallest absolute Gasteiger partial charge is 0.106 e. The zero-order valence-corrected chi connectivity index (χ0v) is 11.7. The summed E-state index contributed by atoms with van der Waals surface area (Å²) in [6, 6.07) is 3.98. The van der Waals surface area contributed by atoms with Crippen LogP contribution < -0.4 is 10.6 Å². The van der Waals surface area contributed by atoms with Crippen molar-refractivity contribution in [2.45, 2.75) is 12.8 Å². The van der Waals surface area contributed by atoms with E-state index in [0.29, 0.717) is 0 Å². The highest BCUT2D eigenvalue weighted by Crippen LogP contribution is 2.32. The van der Waals surface area contributed by atoms with Crippen molar-refractivity contribution >= 4 is 38.8 Å². The van der Waals surface area contributed by atoms with Crippen molar-refractivity contribution in [3.05, 3.63) is 22.7 Å². The van der Waals surface area contributed by atoms with Gasteiger partial charge in [-0.15, -0.1) is 11.3 Å².